The number of fused-ring (bicyclic) bond motifs is 1. The summed E-state index contributed by atoms with van der Waals surface area (Å²) < 4.78 is 6.51. The largest absolute Gasteiger partial charge is 0.487 e. The van der Waals surface area contributed by atoms with Crippen LogP contribution in [0.25, 0.3) is 0 Å². The quantitative estimate of drug-likeness (QED) is 0.786. The topological polar surface area (TPSA) is 36.5 Å². The molecule has 2 heterocycles. The second kappa shape index (κ2) is 7.25. The number of nitrogens with one attached hydrogen (secondary N) is 2. The summed E-state index contributed by atoms with van der Waals surface area (Å²) in [5.41, 5.74) is 2.09. The van der Waals surface area contributed by atoms with Gasteiger partial charge in [0, 0.05) is 30.8 Å². The second-order valence-electron chi connectivity index (χ2n) is 7.35. The number of para-hydroxylation sites is 2. The maximum atomic E-state index is 6.51. The molecule has 0 amide bonds. The first kappa shape index (κ1) is 17.3. The van der Waals surface area contributed by atoms with Crippen molar-refractivity contribution in [1.29, 1.82) is 0 Å². The van der Waals surface area contributed by atoms with Gasteiger partial charge >= 0.3 is 0 Å². The summed E-state index contributed by atoms with van der Waals surface area (Å²) in [6, 6.07) is 18.5. The van der Waals surface area contributed by atoms with E-state index in [1.54, 1.807) is 0 Å². The van der Waals surface area contributed by atoms with Crippen LogP contribution in [0, 0.1) is 0 Å². The Labute approximate surface area is 160 Å². The van der Waals surface area contributed by atoms with Gasteiger partial charge in [-0.1, -0.05) is 36.4 Å². The number of anilines is 1. The highest BCUT2D eigenvalue weighted by Gasteiger charge is 2.42. The molecule has 0 saturated carbocycles. The van der Waals surface area contributed by atoms with Crippen molar-refractivity contribution in [3.8, 4) is 5.75 Å². The standard InChI is InChI=1S/C21H25N3OS/c1-24-13-11-21(12-14-24)15-18(17-9-5-6-10-19(17)25-21)23-20(26)22-16-7-3-2-4-8-16/h2-10,18H,11-15H2,1H3,(H2,22,23,26). The minimum absolute atomic E-state index is 0.0963. The highest BCUT2D eigenvalue weighted by Crippen LogP contribution is 2.44. The maximum Gasteiger partial charge on any atom is 0.171 e. The summed E-state index contributed by atoms with van der Waals surface area (Å²) >= 11 is 5.58. The Kier molecular flexibility index (Phi) is 4.83. The third-order valence-electron chi connectivity index (χ3n) is 5.43. The van der Waals surface area contributed by atoms with E-state index in [-0.39, 0.29) is 11.6 Å². The minimum Gasteiger partial charge on any atom is -0.487 e. The van der Waals surface area contributed by atoms with Gasteiger partial charge in [-0.05, 0) is 50.3 Å². The van der Waals surface area contributed by atoms with Crippen LogP contribution in [0.15, 0.2) is 54.6 Å². The molecule has 4 nitrogen and oxygen atoms in total. The molecule has 1 fully saturated rings. The molecule has 1 unspecified atom stereocenters. The molecule has 4 rings (SSSR count). The van der Waals surface area contributed by atoms with Crippen LogP contribution < -0.4 is 15.4 Å². The average Bonchev–Trinajstić information content (AvgIpc) is 2.65. The van der Waals surface area contributed by atoms with Crippen LogP contribution in [0.3, 0.4) is 0 Å². The summed E-state index contributed by atoms with van der Waals surface area (Å²) in [4.78, 5) is 2.37. The van der Waals surface area contributed by atoms with E-state index in [1.165, 1.54) is 5.56 Å². The van der Waals surface area contributed by atoms with Crippen molar-refractivity contribution < 1.29 is 4.74 Å². The van der Waals surface area contributed by atoms with Gasteiger partial charge in [-0.3, -0.25) is 0 Å². The fraction of sp³-hybridized carbons (Fsp3) is 0.381. The first-order valence-corrected chi connectivity index (χ1v) is 9.63. The third kappa shape index (κ3) is 3.69. The molecule has 26 heavy (non-hydrogen) atoms. The lowest BCUT2D eigenvalue weighted by atomic mass is 9.80. The smallest absolute Gasteiger partial charge is 0.171 e. The molecule has 0 bridgehead atoms. The molecule has 1 atom stereocenters. The Morgan fingerprint density at radius 1 is 1.08 bits per heavy atom. The number of piperidine rings is 1. The summed E-state index contributed by atoms with van der Waals surface area (Å²) in [6.45, 7) is 2.14. The number of thiocarbonyl (C=S) groups is 1. The van der Waals surface area contributed by atoms with Crippen LogP contribution in [0.1, 0.15) is 30.9 Å². The predicted molar refractivity (Wildman–Crippen MR) is 110 cm³/mol. The summed E-state index contributed by atoms with van der Waals surface area (Å²) in [6.07, 6.45) is 3.04. The molecule has 2 aromatic carbocycles. The van der Waals surface area contributed by atoms with Crippen LogP contribution in [-0.2, 0) is 0 Å². The highest BCUT2D eigenvalue weighted by atomic mass is 32.1. The van der Waals surface area contributed by atoms with Gasteiger partial charge in [-0.15, -0.1) is 0 Å². The zero-order valence-corrected chi connectivity index (χ0v) is 15.9. The zero-order chi connectivity index (χ0) is 18.0. The summed E-state index contributed by atoms with van der Waals surface area (Å²) in [7, 11) is 2.18. The monoisotopic (exact) mass is 367 g/mol. The Bertz CT molecular complexity index is 772. The van der Waals surface area contributed by atoms with Gasteiger partial charge in [-0.2, -0.15) is 0 Å². The highest BCUT2D eigenvalue weighted by molar-refractivity contribution is 7.80. The van der Waals surface area contributed by atoms with Crippen molar-refractivity contribution in [2.24, 2.45) is 0 Å². The Morgan fingerprint density at radius 3 is 2.54 bits per heavy atom. The number of hydrogen-bond acceptors (Lipinski definition) is 3. The van der Waals surface area contributed by atoms with E-state index in [9.17, 15) is 0 Å². The molecule has 1 saturated heterocycles. The van der Waals surface area contributed by atoms with Gasteiger partial charge in [0.15, 0.2) is 5.11 Å². The number of hydrogen-bond donors (Lipinski definition) is 2. The molecular weight excluding hydrogens is 342 g/mol. The lowest BCUT2D eigenvalue weighted by Crippen LogP contribution is -2.51. The van der Waals surface area contributed by atoms with E-state index < -0.39 is 0 Å². The lowest BCUT2D eigenvalue weighted by Gasteiger charge is -2.46. The molecule has 2 aromatic rings. The van der Waals surface area contributed by atoms with Crippen molar-refractivity contribution in [3.05, 3.63) is 60.2 Å². The van der Waals surface area contributed by atoms with Crippen LogP contribution in [0.4, 0.5) is 5.69 Å². The van der Waals surface area contributed by atoms with Gasteiger partial charge in [-0.25, -0.2) is 0 Å². The second-order valence-corrected chi connectivity index (χ2v) is 7.76. The van der Waals surface area contributed by atoms with Crippen molar-refractivity contribution in [1.82, 2.24) is 10.2 Å². The van der Waals surface area contributed by atoms with Crippen molar-refractivity contribution >= 4 is 23.0 Å². The van der Waals surface area contributed by atoms with Crippen molar-refractivity contribution in [3.63, 3.8) is 0 Å². The van der Waals surface area contributed by atoms with E-state index in [0.717, 1.165) is 43.8 Å². The number of ether oxygens (including phenoxy) is 1. The Balaban J connectivity index is 1.53. The number of nitrogens with zero attached hydrogens (tertiary/aromatic N) is 1. The molecule has 0 radical (unpaired) electrons. The minimum atomic E-state index is -0.0963. The molecule has 0 aliphatic carbocycles. The summed E-state index contributed by atoms with van der Waals surface area (Å²) in [5.74, 6) is 0.989. The molecule has 2 N–H and O–H groups in total. The number of rotatable bonds is 2. The number of likely N-dealkylation sites (tertiary alicyclic amines) is 1. The van der Waals surface area contributed by atoms with Gasteiger partial charge in [0.1, 0.15) is 11.4 Å². The SMILES string of the molecule is CN1CCC2(CC1)CC(NC(=S)Nc1ccccc1)c1ccccc1O2. The van der Waals surface area contributed by atoms with Crippen molar-refractivity contribution in [2.45, 2.75) is 30.9 Å². The molecule has 2 aliphatic rings. The molecule has 2 aliphatic heterocycles. The molecule has 0 aromatic heterocycles. The normalized spacial score (nSPS) is 21.5. The van der Waals surface area contributed by atoms with Crippen LogP contribution in [0.5, 0.6) is 5.75 Å². The van der Waals surface area contributed by atoms with E-state index >= 15 is 0 Å². The Morgan fingerprint density at radius 2 is 1.77 bits per heavy atom. The van der Waals surface area contributed by atoms with E-state index in [1.807, 2.05) is 36.4 Å². The Hall–Kier alpha value is -2.11. The zero-order valence-electron chi connectivity index (χ0n) is 15.1. The fourth-order valence-electron chi connectivity index (χ4n) is 3.93. The van der Waals surface area contributed by atoms with Gasteiger partial charge in [0.2, 0.25) is 0 Å². The fourth-order valence-corrected chi connectivity index (χ4v) is 4.19. The summed E-state index contributed by atoms with van der Waals surface area (Å²) in [5, 5.41) is 7.48. The van der Waals surface area contributed by atoms with E-state index in [0.29, 0.717) is 5.11 Å². The van der Waals surface area contributed by atoms with Crippen LogP contribution in [0.2, 0.25) is 0 Å². The predicted octanol–water partition coefficient (Wildman–Crippen LogP) is 3.96. The maximum absolute atomic E-state index is 6.51. The molecule has 1 spiro atoms. The van der Waals surface area contributed by atoms with Crippen LogP contribution in [-0.4, -0.2) is 35.8 Å². The molecule has 136 valence electrons. The van der Waals surface area contributed by atoms with E-state index in [2.05, 4.69) is 40.8 Å². The first-order chi connectivity index (χ1) is 12.6. The van der Waals surface area contributed by atoms with Crippen LogP contribution >= 0.6 is 12.2 Å². The lowest BCUT2D eigenvalue weighted by molar-refractivity contribution is -0.0183. The van der Waals surface area contributed by atoms with Crippen molar-refractivity contribution in [2.75, 3.05) is 25.5 Å². The van der Waals surface area contributed by atoms with Gasteiger partial charge in [0.05, 0.1) is 6.04 Å². The molecule has 5 heteroatoms. The van der Waals surface area contributed by atoms with E-state index in [4.69, 9.17) is 17.0 Å². The first-order valence-electron chi connectivity index (χ1n) is 9.23. The average molecular weight is 368 g/mol. The van der Waals surface area contributed by atoms with Gasteiger partial charge < -0.3 is 20.3 Å². The molecular formula is C21H25N3OS. The van der Waals surface area contributed by atoms with Gasteiger partial charge in [0.25, 0.3) is 0 Å². The third-order valence-corrected chi connectivity index (χ3v) is 5.65. The number of benzene rings is 2.